The minimum atomic E-state index is -0.520. The third kappa shape index (κ3) is 5.00. The largest absolute Gasteiger partial charge is 0.463 e. The lowest BCUT2D eigenvalue weighted by molar-refractivity contribution is -0.140. The van der Waals surface area contributed by atoms with E-state index in [-0.39, 0.29) is 5.57 Å². The highest BCUT2D eigenvalue weighted by Crippen LogP contribution is 1.97. The zero-order valence-electron chi connectivity index (χ0n) is 8.12. The first kappa shape index (κ1) is 11.7. The first-order chi connectivity index (χ1) is 6.11. The standard InChI is InChI=1S/C9H14O4/c1-4-12-8(10)6-7(3)9(11)13-5-2/h6H,4-5H2,1-3H3. The molecule has 0 rings (SSSR count). The predicted molar refractivity (Wildman–Crippen MR) is 47.0 cm³/mol. The highest BCUT2D eigenvalue weighted by Gasteiger charge is 2.06. The fraction of sp³-hybridized carbons (Fsp3) is 0.556. The van der Waals surface area contributed by atoms with Crippen LogP contribution in [-0.2, 0) is 19.1 Å². The summed E-state index contributed by atoms with van der Waals surface area (Å²) < 4.78 is 9.29. The van der Waals surface area contributed by atoms with E-state index in [1.807, 2.05) is 0 Å². The average Bonchev–Trinajstić information content (AvgIpc) is 2.05. The molecule has 0 fully saturated rings. The Labute approximate surface area is 77.5 Å². The first-order valence-corrected chi connectivity index (χ1v) is 4.14. The Bertz CT molecular complexity index is 218. The number of carbonyl (C=O) groups is 2. The summed E-state index contributed by atoms with van der Waals surface area (Å²) in [4.78, 5) is 21.8. The highest BCUT2D eigenvalue weighted by molar-refractivity contribution is 5.95. The van der Waals surface area contributed by atoms with Crippen molar-refractivity contribution >= 4 is 11.9 Å². The number of rotatable bonds is 4. The lowest BCUT2D eigenvalue weighted by Crippen LogP contribution is -2.08. The molecule has 0 aromatic carbocycles. The van der Waals surface area contributed by atoms with Gasteiger partial charge in [0.15, 0.2) is 0 Å². The molecule has 0 bridgehead atoms. The molecule has 74 valence electrons. The number of carbonyl (C=O) groups excluding carboxylic acids is 2. The van der Waals surface area contributed by atoms with Crippen LogP contribution < -0.4 is 0 Å². The van der Waals surface area contributed by atoms with E-state index in [2.05, 4.69) is 9.47 Å². The lowest BCUT2D eigenvalue weighted by atomic mass is 10.3. The van der Waals surface area contributed by atoms with Gasteiger partial charge in [-0.1, -0.05) is 0 Å². The summed E-state index contributed by atoms with van der Waals surface area (Å²) >= 11 is 0. The van der Waals surface area contributed by atoms with Gasteiger partial charge in [-0.25, -0.2) is 9.59 Å². The van der Waals surface area contributed by atoms with Crippen LogP contribution in [0.25, 0.3) is 0 Å². The number of esters is 2. The summed E-state index contributed by atoms with van der Waals surface area (Å²) in [5.74, 6) is -1.01. The van der Waals surface area contributed by atoms with Gasteiger partial charge >= 0.3 is 11.9 Å². The molecule has 0 aromatic rings. The fourth-order valence-electron chi connectivity index (χ4n) is 0.665. The van der Waals surface area contributed by atoms with Crippen molar-refractivity contribution in [2.45, 2.75) is 20.8 Å². The van der Waals surface area contributed by atoms with E-state index in [0.29, 0.717) is 13.2 Å². The van der Waals surface area contributed by atoms with Crippen LogP contribution in [0.3, 0.4) is 0 Å². The molecule has 0 aliphatic heterocycles. The van der Waals surface area contributed by atoms with Gasteiger partial charge < -0.3 is 9.47 Å². The normalized spacial score (nSPS) is 10.8. The van der Waals surface area contributed by atoms with Gasteiger partial charge in [-0.3, -0.25) is 0 Å². The lowest BCUT2D eigenvalue weighted by Gasteiger charge is -2.01. The molecule has 4 heteroatoms. The van der Waals surface area contributed by atoms with Gasteiger partial charge in [0.05, 0.1) is 13.2 Å². The quantitative estimate of drug-likeness (QED) is 0.486. The van der Waals surface area contributed by atoms with Gasteiger partial charge in [-0.05, 0) is 20.8 Å². The Morgan fingerprint density at radius 3 is 2.15 bits per heavy atom. The molecule has 0 saturated carbocycles. The second kappa shape index (κ2) is 6.22. The number of hydrogen-bond acceptors (Lipinski definition) is 4. The second-order valence-corrected chi connectivity index (χ2v) is 2.30. The zero-order chi connectivity index (χ0) is 10.3. The maximum absolute atomic E-state index is 11.0. The fourth-order valence-corrected chi connectivity index (χ4v) is 0.665. The van der Waals surface area contributed by atoms with Crippen LogP contribution in [0.5, 0.6) is 0 Å². The van der Waals surface area contributed by atoms with Gasteiger partial charge in [0, 0.05) is 11.6 Å². The Balaban J connectivity index is 4.14. The molecule has 0 unspecified atom stereocenters. The minimum Gasteiger partial charge on any atom is -0.463 e. The van der Waals surface area contributed by atoms with Crippen molar-refractivity contribution in [1.82, 2.24) is 0 Å². The maximum atomic E-state index is 11.0. The van der Waals surface area contributed by atoms with Crippen molar-refractivity contribution in [1.29, 1.82) is 0 Å². The molecule has 0 radical (unpaired) electrons. The Hall–Kier alpha value is -1.32. The van der Waals surface area contributed by atoms with Crippen LogP contribution in [0.4, 0.5) is 0 Å². The molecule has 0 spiro atoms. The number of hydrogen-bond donors (Lipinski definition) is 0. The summed E-state index contributed by atoms with van der Waals surface area (Å²) in [5, 5.41) is 0. The molecule has 0 aliphatic carbocycles. The molecule has 0 amide bonds. The van der Waals surface area contributed by atoms with E-state index in [1.54, 1.807) is 13.8 Å². The highest BCUT2D eigenvalue weighted by atomic mass is 16.5. The molecule has 4 nitrogen and oxygen atoms in total. The summed E-state index contributed by atoms with van der Waals surface area (Å²) in [6.07, 6.45) is 1.13. The van der Waals surface area contributed by atoms with Crippen molar-refractivity contribution in [3.8, 4) is 0 Å². The van der Waals surface area contributed by atoms with Gasteiger partial charge in [0.25, 0.3) is 0 Å². The zero-order valence-corrected chi connectivity index (χ0v) is 8.12. The van der Waals surface area contributed by atoms with Crippen molar-refractivity contribution in [2.75, 3.05) is 13.2 Å². The van der Waals surface area contributed by atoms with E-state index < -0.39 is 11.9 Å². The number of ether oxygens (including phenoxy) is 2. The van der Waals surface area contributed by atoms with Gasteiger partial charge in [0.1, 0.15) is 0 Å². The predicted octanol–water partition coefficient (Wildman–Crippen LogP) is 1.06. The Morgan fingerprint density at radius 1 is 1.15 bits per heavy atom. The van der Waals surface area contributed by atoms with E-state index in [0.717, 1.165) is 6.08 Å². The van der Waals surface area contributed by atoms with E-state index >= 15 is 0 Å². The molecular weight excluding hydrogens is 172 g/mol. The maximum Gasteiger partial charge on any atom is 0.333 e. The third-order valence-corrected chi connectivity index (χ3v) is 1.22. The van der Waals surface area contributed by atoms with E-state index in [4.69, 9.17) is 0 Å². The van der Waals surface area contributed by atoms with Crippen molar-refractivity contribution in [2.24, 2.45) is 0 Å². The molecule has 13 heavy (non-hydrogen) atoms. The van der Waals surface area contributed by atoms with Crippen molar-refractivity contribution in [3.05, 3.63) is 11.6 Å². The SMILES string of the molecule is CCOC(=O)C=C(C)C(=O)OCC. The summed E-state index contributed by atoms with van der Waals surface area (Å²) in [6, 6.07) is 0. The molecular formula is C9H14O4. The molecule has 0 N–H and O–H groups in total. The monoisotopic (exact) mass is 186 g/mol. The summed E-state index contributed by atoms with van der Waals surface area (Å²) in [7, 11) is 0. The smallest absolute Gasteiger partial charge is 0.333 e. The van der Waals surface area contributed by atoms with Gasteiger partial charge in [0.2, 0.25) is 0 Å². The molecule has 0 atom stereocenters. The van der Waals surface area contributed by atoms with Crippen LogP contribution in [0.1, 0.15) is 20.8 Å². The Kier molecular flexibility index (Phi) is 5.59. The molecule has 0 aromatic heterocycles. The summed E-state index contributed by atoms with van der Waals surface area (Å²) in [5.41, 5.74) is 0.250. The van der Waals surface area contributed by atoms with Gasteiger partial charge in [-0.2, -0.15) is 0 Å². The van der Waals surface area contributed by atoms with E-state index in [1.165, 1.54) is 6.92 Å². The van der Waals surface area contributed by atoms with E-state index in [9.17, 15) is 9.59 Å². The van der Waals surface area contributed by atoms with Gasteiger partial charge in [-0.15, -0.1) is 0 Å². The topological polar surface area (TPSA) is 52.6 Å². The molecule has 0 heterocycles. The van der Waals surface area contributed by atoms with Crippen LogP contribution >= 0.6 is 0 Å². The van der Waals surface area contributed by atoms with Crippen molar-refractivity contribution < 1.29 is 19.1 Å². The second-order valence-electron chi connectivity index (χ2n) is 2.30. The summed E-state index contributed by atoms with van der Waals surface area (Å²) in [6.45, 7) is 5.51. The average molecular weight is 186 g/mol. The van der Waals surface area contributed by atoms with Crippen LogP contribution in [0, 0.1) is 0 Å². The first-order valence-electron chi connectivity index (χ1n) is 4.14. The molecule has 0 saturated heterocycles. The minimum absolute atomic E-state index is 0.250. The van der Waals surface area contributed by atoms with Crippen LogP contribution in [-0.4, -0.2) is 25.2 Å². The Morgan fingerprint density at radius 2 is 1.69 bits per heavy atom. The molecule has 0 aliphatic rings. The van der Waals surface area contributed by atoms with Crippen LogP contribution in [0.15, 0.2) is 11.6 Å². The van der Waals surface area contributed by atoms with Crippen molar-refractivity contribution in [3.63, 3.8) is 0 Å². The third-order valence-electron chi connectivity index (χ3n) is 1.22. The van der Waals surface area contributed by atoms with Crippen LogP contribution in [0.2, 0.25) is 0 Å².